The van der Waals surface area contributed by atoms with Gasteiger partial charge in [-0.05, 0) is 12.1 Å². The van der Waals surface area contributed by atoms with Crippen molar-refractivity contribution in [3.8, 4) is 0 Å². The van der Waals surface area contributed by atoms with Crippen molar-refractivity contribution < 1.29 is 0 Å². The monoisotopic (exact) mass is 269 g/mol. The second-order valence-electron chi connectivity index (χ2n) is 4.62. The summed E-state index contributed by atoms with van der Waals surface area (Å²) in [6, 6.07) is 9.94. The van der Waals surface area contributed by atoms with E-state index in [4.69, 9.17) is 0 Å². The van der Waals surface area contributed by atoms with E-state index in [-0.39, 0.29) is 5.69 Å². The predicted octanol–water partition coefficient (Wildman–Crippen LogP) is 1.22. The van der Waals surface area contributed by atoms with Crippen LogP contribution in [0, 0.1) is 0 Å². The lowest BCUT2D eigenvalue weighted by atomic mass is 10.1. The van der Waals surface area contributed by atoms with E-state index in [0.29, 0.717) is 6.54 Å². The van der Waals surface area contributed by atoms with Crippen molar-refractivity contribution in [3.05, 3.63) is 52.7 Å². The molecular weight excluding hydrogens is 254 g/mol. The Kier molecular flexibility index (Phi) is 2.98. The molecule has 0 aliphatic heterocycles. The van der Waals surface area contributed by atoms with E-state index in [9.17, 15) is 4.79 Å². The molecule has 3 rings (SSSR count). The van der Waals surface area contributed by atoms with Crippen LogP contribution >= 0.6 is 0 Å². The molecule has 1 aromatic carbocycles. The summed E-state index contributed by atoms with van der Waals surface area (Å²) in [5, 5.41) is 8.20. The maximum absolute atomic E-state index is 11.9. The minimum atomic E-state index is -0.139. The normalized spacial score (nSPS) is 10.9. The van der Waals surface area contributed by atoms with Gasteiger partial charge in [-0.15, -0.1) is 0 Å². The number of benzene rings is 1. The summed E-state index contributed by atoms with van der Waals surface area (Å²) in [6.07, 6.45) is 1.51. The number of pyridine rings is 1. The van der Waals surface area contributed by atoms with Gasteiger partial charge in [-0.25, -0.2) is 14.5 Å². The minimum Gasteiger partial charge on any atom is -0.373 e. The lowest BCUT2D eigenvalue weighted by molar-refractivity contribution is 0.647. The van der Waals surface area contributed by atoms with E-state index in [2.05, 4.69) is 15.4 Å². The summed E-state index contributed by atoms with van der Waals surface area (Å²) in [4.78, 5) is 16.4. The standard InChI is InChI=1S/C14H15N5O/c1-15-13-11(8-19-14(20)18(2)9-16-19)7-10-5-3-4-6-12(10)17-13/h3-7,9H,8H2,1-2H3,(H,15,17). The highest BCUT2D eigenvalue weighted by atomic mass is 16.2. The van der Waals surface area contributed by atoms with Gasteiger partial charge in [0, 0.05) is 25.0 Å². The van der Waals surface area contributed by atoms with E-state index in [1.165, 1.54) is 15.6 Å². The van der Waals surface area contributed by atoms with Crippen LogP contribution in [-0.4, -0.2) is 26.4 Å². The van der Waals surface area contributed by atoms with Crippen LogP contribution in [0.15, 0.2) is 41.5 Å². The molecule has 102 valence electrons. The number of aromatic nitrogens is 4. The van der Waals surface area contributed by atoms with Crippen molar-refractivity contribution in [2.75, 3.05) is 12.4 Å². The number of fused-ring (bicyclic) bond motifs is 1. The number of rotatable bonds is 3. The fourth-order valence-corrected chi connectivity index (χ4v) is 2.19. The van der Waals surface area contributed by atoms with Gasteiger partial charge in [0.05, 0.1) is 12.1 Å². The molecule has 0 radical (unpaired) electrons. The molecule has 0 aliphatic carbocycles. The van der Waals surface area contributed by atoms with Gasteiger partial charge in [-0.3, -0.25) is 4.57 Å². The fourth-order valence-electron chi connectivity index (χ4n) is 2.19. The number of nitrogens with one attached hydrogen (secondary N) is 1. The molecule has 0 amide bonds. The Morgan fingerprint density at radius 1 is 1.30 bits per heavy atom. The van der Waals surface area contributed by atoms with E-state index in [0.717, 1.165) is 22.3 Å². The summed E-state index contributed by atoms with van der Waals surface area (Å²) < 4.78 is 2.88. The lowest BCUT2D eigenvalue weighted by Gasteiger charge is -2.09. The number of hydrogen-bond acceptors (Lipinski definition) is 4. The molecule has 0 atom stereocenters. The molecular formula is C14H15N5O. The predicted molar refractivity (Wildman–Crippen MR) is 77.9 cm³/mol. The van der Waals surface area contributed by atoms with Crippen LogP contribution < -0.4 is 11.0 Å². The van der Waals surface area contributed by atoms with Crippen molar-refractivity contribution in [1.29, 1.82) is 0 Å². The average molecular weight is 269 g/mol. The molecule has 0 unspecified atom stereocenters. The van der Waals surface area contributed by atoms with Crippen LogP contribution in [0.1, 0.15) is 5.56 Å². The molecule has 2 aromatic heterocycles. The number of para-hydroxylation sites is 1. The summed E-state index contributed by atoms with van der Waals surface area (Å²) in [5.41, 5.74) is 1.72. The third-order valence-corrected chi connectivity index (χ3v) is 3.25. The number of anilines is 1. The Hall–Kier alpha value is -2.63. The van der Waals surface area contributed by atoms with E-state index >= 15 is 0 Å². The van der Waals surface area contributed by atoms with Gasteiger partial charge in [-0.2, -0.15) is 5.10 Å². The Bertz CT molecular complexity index is 818. The van der Waals surface area contributed by atoms with Crippen LogP contribution in [0.5, 0.6) is 0 Å². The summed E-state index contributed by atoms with van der Waals surface area (Å²) >= 11 is 0. The van der Waals surface area contributed by atoms with Gasteiger partial charge < -0.3 is 5.32 Å². The highest BCUT2D eigenvalue weighted by Gasteiger charge is 2.09. The molecule has 0 fully saturated rings. The molecule has 1 N–H and O–H groups in total. The fraction of sp³-hybridized carbons (Fsp3) is 0.214. The van der Waals surface area contributed by atoms with E-state index in [1.807, 2.05) is 37.4 Å². The molecule has 0 aliphatic rings. The number of nitrogens with zero attached hydrogens (tertiary/aromatic N) is 4. The zero-order valence-electron chi connectivity index (χ0n) is 11.4. The lowest BCUT2D eigenvalue weighted by Crippen LogP contribution is -2.23. The zero-order valence-corrected chi connectivity index (χ0v) is 11.4. The summed E-state index contributed by atoms with van der Waals surface area (Å²) in [7, 11) is 3.51. The molecule has 3 aromatic rings. The Balaban J connectivity index is 2.10. The minimum absolute atomic E-state index is 0.139. The first-order valence-electron chi connectivity index (χ1n) is 6.34. The second kappa shape index (κ2) is 4.80. The molecule has 6 heteroatoms. The van der Waals surface area contributed by atoms with Crippen LogP contribution in [0.2, 0.25) is 0 Å². The van der Waals surface area contributed by atoms with Crippen LogP contribution in [0.25, 0.3) is 10.9 Å². The summed E-state index contributed by atoms with van der Waals surface area (Å²) in [5.74, 6) is 0.765. The van der Waals surface area contributed by atoms with Crippen LogP contribution in [0.4, 0.5) is 5.82 Å². The van der Waals surface area contributed by atoms with E-state index in [1.54, 1.807) is 7.05 Å². The quantitative estimate of drug-likeness (QED) is 0.776. The second-order valence-corrected chi connectivity index (χ2v) is 4.62. The van der Waals surface area contributed by atoms with Crippen molar-refractivity contribution in [1.82, 2.24) is 19.3 Å². The highest BCUT2D eigenvalue weighted by molar-refractivity contribution is 5.81. The molecule has 20 heavy (non-hydrogen) atoms. The maximum Gasteiger partial charge on any atom is 0.345 e. The van der Waals surface area contributed by atoms with Gasteiger partial charge in [0.25, 0.3) is 0 Å². The number of aryl methyl sites for hydroxylation is 1. The SMILES string of the molecule is CNc1nc2ccccc2cc1Cn1ncn(C)c1=O. The van der Waals surface area contributed by atoms with Crippen molar-refractivity contribution >= 4 is 16.7 Å². The largest absolute Gasteiger partial charge is 0.373 e. The molecule has 0 bridgehead atoms. The average Bonchev–Trinajstić information content (AvgIpc) is 2.78. The zero-order chi connectivity index (χ0) is 14.1. The van der Waals surface area contributed by atoms with Crippen LogP contribution in [0.3, 0.4) is 0 Å². The number of hydrogen-bond donors (Lipinski definition) is 1. The third kappa shape index (κ3) is 2.05. The molecule has 0 spiro atoms. The first-order chi connectivity index (χ1) is 9.69. The third-order valence-electron chi connectivity index (χ3n) is 3.25. The van der Waals surface area contributed by atoms with Gasteiger partial charge in [0.15, 0.2) is 0 Å². The highest BCUT2D eigenvalue weighted by Crippen LogP contribution is 2.20. The van der Waals surface area contributed by atoms with Crippen molar-refractivity contribution in [3.63, 3.8) is 0 Å². The smallest absolute Gasteiger partial charge is 0.345 e. The summed E-state index contributed by atoms with van der Waals surface area (Å²) in [6.45, 7) is 0.397. The van der Waals surface area contributed by atoms with Gasteiger partial charge in [0.2, 0.25) is 0 Å². The van der Waals surface area contributed by atoms with Crippen LogP contribution in [-0.2, 0) is 13.6 Å². The van der Waals surface area contributed by atoms with Crippen molar-refractivity contribution in [2.24, 2.45) is 7.05 Å². The van der Waals surface area contributed by atoms with E-state index < -0.39 is 0 Å². The molecule has 6 nitrogen and oxygen atoms in total. The molecule has 2 heterocycles. The Labute approximate surface area is 115 Å². The van der Waals surface area contributed by atoms with Gasteiger partial charge >= 0.3 is 5.69 Å². The Morgan fingerprint density at radius 3 is 2.80 bits per heavy atom. The topological polar surface area (TPSA) is 64.7 Å². The molecule has 0 saturated heterocycles. The Morgan fingerprint density at radius 2 is 2.10 bits per heavy atom. The molecule has 0 saturated carbocycles. The first kappa shape index (κ1) is 12.4. The van der Waals surface area contributed by atoms with Crippen molar-refractivity contribution in [2.45, 2.75) is 6.54 Å². The first-order valence-corrected chi connectivity index (χ1v) is 6.34. The van der Waals surface area contributed by atoms with Gasteiger partial charge in [0.1, 0.15) is 12.1 Å². The van der Waals surface area contributed by atoms with Gasteiger partial charge in [-0.1, -0.05) is 18.2 Å². The maximum atomic E-state index is 11.9.